The van der Waals surface area contributed by atoms with Gasteiger partial charge in [-0.15, -0.1) is 0 Å². The molecule has 1 fully saturated rings. The Labute approximate surface area is 245 Å². The first-order chi connectivity index (χ1) is 20.4. The molecule has 2 amide bonds. The van der Waals surface area contributed by atoms with Gasteiger partial charge in [0.1, 0.15) is 17.1 Å². The Morgan fingerprint density at radius 2 is 1.84 bits per heavy atom. The minimum absolute atomic E-state index is 0.00574. The molecule has 2 unspecified atom stereocenters. The van der Waals surface area contributed by atoms with Gasteiger partial charge in [-0.3, -0.25) is 23.8 Å². The highest BCUT2D eigenvalue weighted by Gasteiger charge is 2.37. The number of hydrogen-bond acceptors (Lipinski definition) is 9. The fourth-order valence-corrected chi connectivity index (χ4v) is 6.31. The third kappa shape index (κ3) is 6.62. The molecular formula is C28H30FN4O9P. The van der Waals surface area contributed by atoms with Crippen LogP contribution in [0.25, 0.3) is 10.9 Å². The molecule has 3 aromatic rings. The van der Waals surface area contributed by atoms with Gasteiger partial charge in [-0.2, -0.15) is 0 Å². The molecule has 5 rings (SSSR count). The van der Waals surface area contributed by atoms with Crippen LogP contribution in [0.3, 0.4) is 0 Å². The monoisotopic (exact) mass is 616 g/mol. The highest BCUT2D eigenvalue weighted by Crippen LogP contribution is 2.45. The Morgan fingerprint density at radius 3 is 2.51 bits per heavy atom. The summed E-state index contributed by atoms with van der Waals surface area (Å²) in [7, 11) is -4.12. The summed E-state index contributed by atoms with van der Waals surface area (Å²) in [6.45, 7) is 2.75. The number of aromatic hydroxyl groups is 1. The van der Waals surface area contributed by atoms with Crippen LogP contribution in [0.5, 0.6) is 11.5 Å². The summed E-state index contributed by atoms with van der Waals surface area (Å²) in [5.41, 5.74) is 1.13. The second kappa shape index (κ2) is 12.3. The van der Waals surface area contributed by atoms with Crippen molar-refractivity contribution in [3.8, 4) is 11.5 Å². The first-order valence-electron chi connectivity index (χ1n) is 13.5. The predicted molar refractivity (Wildman–Crippen MR) is 150 cm³/mol. The molecule has 2 aliphatic rings. The van der Waals surface area contributed by atoms with E-state index in [0.29, 0.717) is 29.6 Å². The number of carbonyl (C=O) groups excluding carboxylic acids is 2. The van der Waals surface area contributed by atoms with Crippen molar-refractivity contribution in [2.24, 2.45) is 0 Å². The molecule has 2 aromatic carbocycles. The van der Waals surface area contributed by atoms with Crippen LogP contribution in [0.2, 0.25) is 0 Å². The molecule has 3 heterocycles. The Balaban J connectivity index is 1.28. The molecule has 2 aliphatic heterocycles. The quantitative estimate of drug-likeness (QED) is 0.302. The van der Waals surface area contributed by atoms with Crippen molar-refractivity contribution in [1.82, 2.24) is 19.7 Å². The zero-order valence-electron chi connectivity index (χ0n) is 23.2. The van der Waals surface area contributed by atoms with Gasteiger partial charge in [0.15, 0.2) is 11.9 Å². The lowest BCUT2D eigenvalue weighted by molar-refractivity contribution is -0.144. The number of carbonyl (C=O) groups is 3. The summed E-state index contributed by atoms with van der Waals surface area (Å²) in [6.07, 6.45) is -0.905. The van der Waals surface area contributed by atoms with E-state index < -0.39 is 37.5 Å². The largest absolute Gasteiger partial charge is 0.505 e. The molecular weight excluding hydrogens is 586 g/mol. The van der Waals surface area contributed by atoms with Crippen molar-refractivity contribution < 1.29 is 47.7 Å². The molecule has 13 nitrogen and oxygen atoms in total. The van der Waals surface area contributed by atoms with Crippen molar-refractivity contribution in [3.05, 3.63) is 65.1 Å². The van der Waals surface area contributed by atoms with Gasteiger partial charge in [-0.05, 0) is 36.8 Å². The zero-order valence-corrected chi connectivity index (χ0v) is 24.1. The molecule has 0 spiro atoms. The Morgan fingerprint density at radius 1 is 1.14 bits per heavy atom. The number of halogens is 1. The number of benzene rings is 2. The van der Waals surface area contributed by atoms with Crippen LogP contribution in [0.1, 0.15) is 28.4 Å². The highest BCUT2D eigenvalue weighted by molar-refractivity contribution is 7.52. The number of fused-ring (bicyclic) bond motifs is 2. The SMILES string of the molecule is CC(OP(=O)(O)CCN1CCN(C(=O)Oc2c3c(c(O)c4ncccc24)C(=O)N(Cc2ccc(F)cc2)C3)CC1)C(=O)O. The van der Waals surface area contributed by atoms with Crippen molar-refractivity contribution in [3.63, 3.8) is 0 Å². The van der Waals surface area contributed by atoms with E-state index in [-0.39, 0.29) is 61.5 Å². The third-order valence-electron chi connectivity index (χ3n) is 7.42. The third-order valence-corrected chi connectivity index (χ3v) is 8.83. The molecule has 0 aliphatic carbocycles. The second-order valence-corrected chi connectivity index (χ2v) is 12.3. The smallest absolute Gasteiger partial charge is 0.415 e. The average Bonchev–Trinajstić information content (AvgIpc) is 3.30. The van der Waals surface area contributed by atoms with E-state index in [0.717, 1.165) is 0 Å². The lowest BCUT2D eigenvalue weighted by Gasteiger charge is -2.34. The number of phenolic OH excluding ortho intramolecular Hbond substituents is 1. The maximum absolute atomic E-state index is 13.4. The van der Waals surface area contributed by atoms with Gasteiger partial charge in [0.05, 0.1) is 18.3 Å². The Kier molecular flexibility index (Phi) is 8.65. The van der Waals surface area contributed by atoms with Gasteiger partial charge in [-0.25, -0.2) is 14.0 Å². The van der Waals surface area contributed by atoms with Crippen LogP contribution in [-0.4, -0.2) is 97.7 Å². The predicted octanol–water partition coefficient (Wildman–Crippen LogP) is 3.03. The first-order valence-corrected chi connectivity index (χ1v) is 15.3. The lowest BCUT2D eigenvalue weighted by Crippen LogP contribution is -2.50. The van der Waals surface area contributed by atoms with Crippen molar-refractivity contribution in [2.75, 3.05) is 38.9 Å². The molecule has 3 N–H and O–H groups in total. The number of carboxylic acid groups (broad SMARTS) is 1. The van der Waals surface area contributed by atoms with E-state index in [4.69, 9.17) is 14.4 Å². The number of hydrogen-bond donors (Lipinski definition) is 3. The number of rotatable bonds is 9. The number of nitrogens with zero attached hydrogens (tertiary/aromatic N) is 4. The van der Waals surface area contributed by atoms with Crippen LogP contribution in [0, 0.1) is 5.82 Å². The van der Waals surface area contributed by atoms with E-state index in [1.807, 2.05) is 4.90 Å². The maximum Gasteiger partial charge on any atom is 0.415 e. The minimum atomic E-state index is -4.12. The highest BCUT2D eigenvalue weighted by atomic mass is 31.2. The number of aliphatic carboxylic acids is 1. The molecule has 1 saturated heterocycles. The van der Waals surface area contributed by atoms with E-state index in [1.54, 1.807) is 24.3 Å². The van der Waals surface area contributed by atoms with E-state index in [9.17, 15) is 33.3 Å². The first kappa shape index (κ1) is 30.4. The van der Waals surface area contributed by atoms with Gasteiger partial charge in [0.25, 0.3) is 5.91 Å². The average molecular weight is 617 g/mol. The summed E-state index contributed by atoms with van der Waals surface area (Å²) in [4.78, 5) is 56.6. The standard InChI is InChI=1S/C28H30FN4O9P/c1-17(27(36)37)42-43(39,40)14-13-31-9-11-32(12-10-31)28(38)41-25-20-3-2-8-30-23(20)24(34)22-21(25)16-33(26(22)35)15-18-4-6-19(29)7-5-18/h2-8,17,34H,9-16H2,1H3,(H,36,37)(H,39,40). The topological polar surface area (TPSA) is 170 Å². The molecule has 43 heavy (non-hydrogen) atoms. The van der Waals surface area contributed by atoms with Crippen LogP contribution in [0.15, 0.2) is 42.6 Å². The lowest BCUT2D eigenvalue weighted by atomic mass is 10.0. The molecule has 15 heteroatoms. The Bertz CT molecular complexity index is 1610. The van der Waals surface area contributed by atoms with Crippen LogP contribution >= 0.6 is 7.60 Å². The molecule has 2 atom stereocenters. The molecule has 1 aromatic heterocycles. The number of phenols is 1. The number of piperazine rings is 1. The van der Waals surface area contributed by atoms with Gasteiger partial charge in [0.2, 0.25) is 0 Å². The Hall–Kier alpha value is -4.10. The minimum Gasteiger partial charge on any atom is -0.505 e. The van der Waals surface area contributed by atoms with Gasteiger partial charge >= 0.3 is 19.7 Å². The maximum atomic E-state index is 13.4. The fourth-order valence-electron chi connectivity index (χ4n) is 5.09. The van der Waals surface area contributed by atoms with E-state index in [2.05, 4.69) is 4.98 Å². The normalized spacial score (nSPS) is 17.5. The van der Waals surface area contributed by atoms with Gasteiger partial charge in [-0.1, -0.05) is 12.1 Å². The summed E-state index contributed by atoms with van der Waals surface area (Å²) in [5, 5.41) is 20.3. The van der Waals surface area contributed by atoms with E-state index >= 15 is 0 Å². The summed E-state index contributed by atoms with van der Waals surface area (Å²) >= 11 is 0. The summed E-state index contributed by atoms with van der Waals surface area (Å²) in [5.74, 6) is -2.41. The molecule has 0 radical (unpaired) electrons. The van der Waals surface area contributed by atoms with Crippen molar-refractivity contribution in [1.29, 1.82) is 0 Å². The van der Waals surface area contributed by atoms with Gasteiger partial charge in [0, 0.05) is 56.4 Å². The number of ether oxygens (including phenoxy) is 1. The van der Waals surface area contributed by atoms with Gasteiger partial charge < -0.3 is 29.6 Å². The molecule has 0 bridgehead atoms. The number of carboxylic acids is 1. The second-order valence-electron chi connectivity index (χ2n) is 10.4. The number of pyridine rings is 1. The fraction of sp³-hybridized carbons (Fsp3) is 0.357. The van der Waals surface area contributed by atoms with Crippen molar-refractivity contribution in [2.45, 2.75) is 26.1 Å². The summed E-state index contributed by atoms with van der Waals surface area (Å²) in [6, 6.07) is 8.97. The number of amides is 2. The van der Waals surface area contributed by atoms with Crippen LogP contribution in [0.4, 0.5) is 9.18 Å². The summed E-state index contributed by atoms with van der Waals surface area (Å²) < 4.78 is 36.3. The van der Waals surface area contributed by atoms with Crippen LogP contribution < -0.4 is 4.74 Å². The number of aromatic nitrogens is 1. The van der Waals surface area contributed by atoms with Crippen LogP contribution in [-0.2, 0) is 27.0 Å². The van der Waals surface area contributed by atoms with Crippen molar-refractivity contribution >= 4 is 36.5 Å². The molecule has 0 saturated carbocycles. The molecule has 228 valence electrons. The zero-order chi connectivity index (χ0) is 30.9. The van der Waals surface area contributed by atoms with E-state index in [1.165, 1.54) is 35.1 Å².